The van der Waals surface area contributed by atoms with Crippen LogP contribution in [0.25, 0.3) is 0 Å². The minimum atomic E-state index is 0. The summed E-state index contributed by atoms with van der Waals surface area (Å²) < 4.78 is 4.97. The molecule has 40 valence electrons. The quantitative estimate of drug-likeness (QED) is 0.419. The van der Waals surface area contributed by atoms with E-state index >= 15 is 0 Å². The van der Waals surface area contributed by atoms with Gasteiger partial charge < -0.3 is 0 Å². The predicted molar refractivity (Wildman–Crippen MR) is 41.3 cm³/mol. The molecule has 0 saturated carbocycles. The van der Waals surface area contributed by atoms with Gasteiger partial charge in [0.25, 0.3) is 0 Å². The van der Waals surface area contributed by atoms with Crippen LogP contribution in [0, 0.1) is 6.92 Å². The Bertz CT molecular complexity index is 146. The van der Waals surface area contributed by atoms with E-state index in [0.29, 0.717) is 0 Å². The van der Waals surface area contributed by atoms with Crippen LogP contribution in [0.5, 0.6) is 0 Å². The van der Waals surface area contributed by atoms with Crippen LogP contribution in [-0.4, -0.2) is 23.2 Å². The van der Waals surface area contributed by atoms with Gasteiger partial charge in [0.1, 0.15) is 0 Å². The summed E-state index contributed by atoms with van der Waals surface area (Å²) in [5.41, 5.74) is 1.05. The Morgan fingerprint density at radius 2 is 2.38 bits per heavy atom. The molecule has 1 aromatic heterocycles. The van der Waals surface area contributed by atoms with Crippen molar-refractivity contribution >= 4 is 43.0 Å². The molecular formula is C4H6LiNS2. The zero-order valence-corrected chi connectivity index (χ0v) is 5.59. The zero-order chi connectivity index (χ0) is 5.28. The van der Waals surface area contributed by atoms with Gasteiger partial charge in [-0.2, -0.15) is 4.37 Å². The summed E-state index contributed by atoms with van der Waals surface area (Å²) in [4.78, 5) is 0. The van der Waals surface area contributed by atoms with Gasteiger partial charge in [-0.3, -0.25) is 0 Å². The van der Waals surface area contributed by atoms with Crippen LogP contribution in [-0.2, 0) is 0 Å². The number of hydrogen-bond donors (Lipinski definition) is 1. The van der Waals surface area contributed by atoms with Crippen LogP contribution in [0.2, 0.25) is 0 Å². The van der Waals surface area contributed by atoms with E-state index in [1.807, 2.05) is 13.0 Å². The third-order valence-electron chi connectivity index (χ3n) is 0.616. The van der Waals surface area contributed by atoms with Crippen molar-refractivity contribution in [3.05, 3.63) is 11.8 Å². The van der Waals surface area contributed by atoms with Crippen molar-refractivity contribution < 1.29 is 0 Å². The van der Waals surface area contributed by atoms with Gasteiger partial charge in [0, 0.05) is 0 Å². The molecule has 0 aromatic carbocycles. The molecular weight excluding hydrogens is 133 g/mol. The van der Waals surface area contributed by atoms with Gasteiger partial charge >= 0.3 is 18.9 Å². The van der Waals surface area contributed by atoms with Crippen molar-refractivity contribution in [3.8, 4) is 0 Å². The maximum absolute atomic E-state index is 4.06. The summed E-state index contributed by atoms with van der Waals surface area (Å²) >= 11 is 5.48. The molecule has 1 heterocycles. The van der Waals surface area contributed by atoms with E-state index in [-0.39, 0.29) is 18.9 Å². The molecule has 1 nitrogen and oxygen atoms in total. The number of rotatable bonds is 0. The maximum atomic E-state index is 4.06. The van der Waals surface area contributed by atoms with Gasteiger partial charge in [-0.15, -0.1) is 12.6 Å². The molecule has 1 aromatic rings. The van der Waals surface area contributed by atoms with Gasteiger partial charge in [0.15, 0.2) is 0 Å². The molecule has 8 heavy (non-hydrogen) atoms. The molecule has 0 aliphatic carbocycles. The first-order valence-corrected chi connectivity index (χ1v) is 3.13. The van der Waals surface area contributed by atoms with E-state index in [4.69, 9.17) is 0 Å². The number of aromatic nitrogens is 1. The van der Waals surface area contributed by atoms with Crippen LogP contribution in [0.3, 0.4) is 0 Å². The second kappa shape index (κ2) is 3.57. The SMILES string of the molecule is Cc1cc(S)sn1.[LiH]. The standard InChI is InChI=1S/C4H5NS2.Li.H/c1-3-2-4(6)7-5-3;;/h2,6H,1H3;;. The van der Waals surface area contributed by atoms with Crippen molar-refractivity contribution in [2.24, 2.45) is 0 Å². The van der Waals surface area contributed by atoms with E-state index in [9.17, 15) is 0 Å². The Morgan fingerprint density at radius 1 is 1.75 bits per heavy atom. The van der Waals surface area contributed by atoms with E-state index in [1.165, 1.54) is 11.5 Å². The molecule has 0 fully saturated rings. The van der Waals surface area contributed by atoms with Crippen LogP contribution in [0.15, 0.2) is 10.3 Å². The molecule has 0 aliphatic heterocycles. The average molecular weight is 139 g/mol. The molecule has 0 saturated heterocycles. The summed E-state index contributed by atoms with van der Waals surface area (Å²) in [6, 6.07) is 1.94. The molecule has 0 N–H and O–H groups in total. The van der Waals surface area contributed by atoms with Gasteiger partial charge in [0.05, 0.1) is 9.90 Å². The van der Waals surface area contributed by atoms with Crippen molar-refractivity contribution in [1.82, 2.24) is 4.37 Å². The van der Waals surface area contributed by atoms with E-state index in [2.05, 4.69) is 17.0 Å². The summed E-state index contributed by atoms with van der Waals surface area (Å²) in [7, 11) is 0. The first-order chi connectivity index (χ1) is 3.29. The molecule has 0 amide bonds. The van der Waals surface area contributed by atoms with Gasteiger partial charge in [-0.25, -0.2) is 0 Å². The third kappa shape index (κ3) is 2.23. The van der Waals surface area contributed by atoms with Crippen molar-refractivity contribution in [3.63, 3.8) is 0 Å². The molecule has 0 radical (unpaired) electrons. The Kier molecular flexibility index (Phi) is 3.83. The molecule has 4 heteroatoms. The molecule has 0 bridgehead atoms. The van der Waals surface area contributed by atoms with Crippen molar-refractivity contribution in [2.45, 2.75) is 11.1 Å². The summed E-state index contributed by atoms with van der Waals surface area (Å²) in [6.07, 6.45) is 0. The number of hydrogen-bond acceptors (Lipinski definition) is 3. The van der Waals surface area contributed by atoms with Crippen LogP contribution < -0.4 is 0 Å². The zero-order valence-electron chi connectivity index (χ0n) is 3.88. The van der Waals surface area contributed by atoms with E-state index in [1.54, 1.807) is 0 Å². The number of aryl methyl sites for hydroxylation is 1. The Balaban J connectivity index is 0.000000490. The second-order valence-electron chi connectivity index (χ2n) is 1.31. The summed E-state index contributed by atoms with van der Waals surface area (Å²) in [6.45, 7) is 1.95. The number of thiol groups is 1. The minimum absolute atomic E-state index is 0. The van der Waals surface area contributed by atoms with Gasteiger partial charge in [-0.1, -0.05) is 0 Å². The van der Waals surface area contributed by atoms with Crippen molar-refractivity contribution in [2.75, 3.05) is 0 Å². The Morgan fingerprint density at radius 3 is 2.50 bits per heavy atom. The number of nitrogens with zero attached hydrogens (tertiary/aromatic N) is 1. The van der Waals surface area contributed by atoms with Crippen molar-refractivity contribution in [1.29, 1.82) is 0 Å². The van der Waals surface area contributed by atoms with Gasteiger partial charge in [0.2, 0.25) is 0 Å². The fourth-order valence-electron chi connectivity index (χ4n) is 0.350. The van der Waals surface area contributed by atoms with Crippen LogP contribution in [0.1, 0.15) is 5.69 Å². The third-order valence-corrected chi connectivity index (χ3v) is 1.67. The summed E-state index contributed by atoms with van der Waals surface area (Å²) in [5.74, 6) is 0. The normalized spacial score (nSPS) is 8.25. The first kappa shape index (κ1) is 8.58. The average Bonchev–Trinajstić information content (AvgIpc) is 1.87. The predicted octanol–water partition coefficient (Wildman–Crippen LogP) is 1.09. The van der Waals surface area contributed by atoms with Crippen LogP contribution >= 0.6 is 24.2 Å². The fraction of sp³-hybridized carbons (Fsp3) is 0.250. The Labute approximate surface area is 70.3 Å². The molecule has 0 spiro atoms. The molecule has 0 atom stereocenters. The molecule has 0 unspecified atom stereocenters. The topological polar surface area (TPSA) is 12.9 Å². The summed E-state index contributed by atoms with van der Waals surface area (Å²) in [5, 5.41) is 0. The molecule has 1 rings (SSSR count). The van der Waals surface area contributed by atoms with Crippen LogP contribution in [0.4, 0.5) is 0 Å². The fourth-order valence-corrected chi connectivity index (χ4v) is 1.17. The second-order valence-corrected chi connectivity index (χ2v) is 2.90. The van der Waals surface area contributed by atoms with E-state index in [0.717, 1.165) is 9.90 Å². The molecule has 0 aliphatic rings. The van der Waals surface area contributed by atoms with Gasteiger partial charge in [-0.05, 0) is 24.5 Å². The van der Waals surface area contributed by atoms with E-state index < -0.39 is 0 Å². The Hall–Kier alpha value is 0.577. The first-order valence-electron chi connectivity index (χ1n) is 1.91. The monoisotopic (exact) mass is 139 g/mol.